The molecule has 1 heterocycles. The summed E-state index contributed by atoms with van der Waals surface area (Å²) >= 11 is 0. The van der Waals surface area contributed by atoms with Gasteiger partial charge in [-0.1, -0.05) is 18.1 Å². The molecule has 0 spiro atoms. The smallest absolute Gasteiger partial charge is 0.118 e. The lowest BCUT2D eigenvalue weighted by Crippen LogP contribution is -2.02. The number of hydrogen-bond acceptors (Lipinski definition) is 2. The van der Waals surface area contributed by atoms with Crippen LogP contribution in [0.4, 0.5) is 0 Å². The van der Waals surface area contributed by atoms with Crippen molar-refractivity contribution in [1.29, 1.82) is 0 Å². The van der Waals surface area contributed by atoms with Crippen molar-refractivity contribution in [1.82, 2.24) is 0 Å². The molecule has 2 rings (SSSR count). The molecule has 2 nitrogen and oxygen atoms in total. The van der Waals surface area contributed by atoms with E-state index in [-0.39, 0.29) is 12.2 Å². The molecule has 0 radical (unpaired) electrons. The Bertz CT molecular complexity index is 361. The van der Waals surface area contributed by atoms with Gasteiger partial charge in [-0.2, -0.15) is 0 Å². The van der Waals surface area contributed by atoms with Gasteiger partial charge in [0.05, 0.1) is 13.2 Å². The Morgan fingerprint density at radius 3 is 2.60 bits per heavy atom. The predicted molar refractivity (Wildman–Crippen MR) is 58.7 cm³/mol. The lowest BCUT2D eigenvalue weighted by molar-refractivity contribution is 0.0761. The van der Waals surface area contributed by atoms with Crippen molar-refractivity contribution in [3.63, 3.8) is 0 Å². The summed E-state index contributed by atoms with van der Waals surface area (Å²) in [4.78, 5) is 0. The second-order valence-electron chi connectivity index (χ2n) is 3.63. The standard InChI is InChI=1S/C13H14O2/c1-3-11-8-9-13(15-11)10-4-6-12(14-2)7-5-10/h1,4-7,11,13H,8-9H2,2H3/t11-,13?/m1/s1. The van der Waals surface area contributed by atoms with Crippen LogP contribution in [0.1, 0.15) is 24.5 Å². The van der Waals surface area contributed by atoms with E-state index in [2.05, 4.69) is 5.92 Å². The zero-order valence-electron chi connectivity index (χ0n) is 8.77. The van der Waals surface area contributed by atoms with Gasteiger partial charge in [0.1, 0.15) is 11.9 Å². The Kier molecular flexibility index (Phi) is 2.94. The van der Waals surface area contributed by atoms with Crippen molar-refractivity contribution in [2.75, 3.05) is 7.11 Å². The molecule has 1 aliphatic heterocycles. The van der Waals surface area contributed by atoms with Crippen LogP contribution in [0.3, 0.4) is 0 Å². The largest absolute Gasteiger partial charge is 0.497 e. The van der Waals surface area contributed by atoms with Gasteiger partial charge in [0, 0.05) is 0 Å². The fraction of sp³-hybridized carbons (Fsp3) is 0.385. The molecule has 15 heavy (non-hydrogen) atoms. The second-order valence-corrected chi connectivity index (χ2v) is 3.63. The third-order valence-corrected chi connectivity index (χ3v) is 2.69. The SMILES string of the molecule is C#C[C@@H]1CCC(c2ccc(OC)cc2)O1. The van der Waals surface area contributed by atoms with Crippen molar-refractivity contribution in [3.8, 4) is 18.1 Å². The van der Waals surface area contributed by atoms with E-state index in [1.807, 2.05) is 24.3 Å². The van der Waals surface area contributed by atoms with Crippen LogP contribution in [0.15, 0.2) is 24.3 Å². The third kappa shape index (κ3) is 2.14. The summed E-state index contributed by atoms with van der Waals surface area (Å²) < 4.78 is 10.8. The first-order chi connectivity index (χ1) is 7.33. The molecule has 0 aromatic heterocycles. The van der Waals surface area contributed by atoms with Crippen LogP contribution in [0.2, 0.25) is 0 Å². The molecule has 2 heteroatoms. The molecule has 1 aromatic carbocycles. The summed E-state index contributed by atoms with van der Waals surface area (Å²) in [5, 5.41) is 0. The Balaban J connectivity index is 2.08. The van der Waals surface area contributed by atoms with Crippen LogP contribution in [0.25, 0.3) is 0 Å². The molecule has 0 amide bonds. The summed E-state index contributed by atoms with van der Waals surface area (Å²) in [6.07, 6.45) is 7.41. The molecule has 0 aliphatic carbocycles. The maximum atomic E-state index is 5.69. The Morgan fingerprint density at radius 1 is 1.33 bits per heavy atom. The highest BCUT2D eigenvalue weighted by Gasteiger charge is 2.24. The summed E-state index contributed by atoms with van der Waals surface area (Å²) in [5.41, 5.74) is 1.17. The van der Waals surface area contributed by atoms with Gasteiger partial charge in [-0.15, -0.1) is 6.42 Å². The first-order valence-corrected chi connectivity index (χ1v) is 5.09. The molecule has 1 saturated heterocycles. The maximum Gasteiger partial charge on any atom is 0.118 e. The molecular formula is C13H14O2. The zero-order chi connectivity index (χ0) is 10.7. The van der Waals surface area contributed by atoms with Gasteiger partial charge in [-0.3, -0.25) is 0 Å². The fourth-order valence-electron chi connectivity index (χ4n) is 1.82. The van der Waals surface area contributed by atoms with Gasteiger partial charge in [0.25, 0.3) is 0 Å². The maximum absolute atomic E-state index is 5.69. The fourth-order valence-corrected chi connectivity index (χ4v) is 1.82. The lowest BCUT2D eigenvalue weighted by atomic mass is 10.1. The van der Waals surface area contributed by atoms with Gasteiger partial charge in [-0.05, 0) is 30.5 Å². The van der Waals surface area contributed by atoms with E-state index in [4.69, 9.17) is 15.9 Å². The summed E-state index contributed by atoms with van der Waals surface area (Å²) in [6, 6.07) is 7.95. The average Bonchev–Trinajstić information content (AvgIpc) is 2.78. The molecular weight excluding hydrogens is 188 g/mol. The van der Waals surface area contributed by atoms with Crippen LogP contribution < -0.4 is 4.74 Å². The minimum Gasteiger partial charge on any atom is -0.497 e. The summed E-state index contributed by atoms with van der Waals surface area (Å²) in [7, 11) is 1.66. The van der Waals surface area contributed by atoms with E-state index in [1.54, 1.807) is 7.11 Å². The Hall–Kier alpha value is -1.46. The van der Waals surface area contributed by atoms with E-state index >= 15 is 0 Å². The van der Waals surface area contributed by atoms with Crippen LogP contribution in [0.5, 0.6) is 5.75 Å². The topological polar surface area (TPSA) is 18.5 Å². The quantitative estimate of drug-likeness (QED) is 0.686. The first kappa shape index (κ1) is 10.1. The number of benzene rings is 1. The molecule has 1 aromatic rings. The molecule has 2 atom stereocenters. The number of hydrogen-bond donors (Lipinski definition) is 0. The van der Waals surface area contributed by atoms with Crippen molar-refractivity contribution >= 4 is 0 Å². The van der Waals surface area contributed by atoms with E-state index < -0.39 is 0 Å². The molecule has 0 saturated carbocycles. The monoisotopic (exact) mass is 202 g/mol. The number of terminal acetylenes is 1. The normalized spacial score (nSPS) is 24.8. The lowest BCUT2D eigenvalue weighted by Gasteiger charge is -2.11. The highest BCUT2D eigenvalue weighted by Crippen LogP contribution is 2.32. The van der Waals surface area contributed by atoms with E-state index in [9.17, 15) is 0 Å². The Labute approximate surface area is 90.2 Å². The molecule has 1 fully saturated rings. The third-order valence-electron chi connectivity index (χ3n) is 2.69. The minimum atomic E-state index is -0.0166. The minimum absolute atomic E-state index is 0.0166. The van der Waals surface area contributed by atoms with E-state index in [0.717, 1.165) is 18.6 Å². The molecule has 0 N–H and O–H groups in total. The van der Waals surface area contributed by atoms with Crippen LogP contribution in [0, 0.1) is 12.3 Å². The molecule has 0 bridgehead atoms. The number of methoxy groups -OCH3 is 1. The van der Waals surface area contributed by atoms with Crippen molar-refractivity contribution in [2.45, 2.75) is 25.0 Å². The van der Waals surface area contributed by atoms with E-state index in [1.165, 1.54) is 5.56 Å². The van der Waals surface area contributed by atoms with Crippen molar-refractivity contribution in [3.05, 3.63) is 29.8 Å². The highest BCUT2D eigenvalue weighted by atomic mass is 16.5. The summed E-state index contributed by atoms with van der Waals surface area (Å²) in [6.45, 7) is 0. The second kappa shape index (κ2) is 4.37. The number of ether oxygens (including phenoxy) is 2. The first-order valence-electron chi connectivity index (χ1n) is 5.09. The van der Waals surface area contributed by atoms with Crippen LogP contribution in [-0.2, 0) is 4.74 Å². The average molecular weight is 202 g/mol. The molecule has 1 aliphatic rings. The van der Waals surface area contributed by atoms with Gasteiger partial charge >= 0.3 is 0 Å². The van der Waals surface area contributed by atoms with Gasteiger partial charge in [-0.25, -0.2) is 0 Å². The summed E-state index contributed by atoms with van der Waals surface area (Å²) in [5.74, 6) is 3.51. The molecule has 1 unspecified atom stereocenters. The Morgan fingerprint density at radius 2 is 2.07 bits per heavy atom. The molecule has 78 valence electrons. The van der Waals surface area contributed by atoms with Crippen LogP contribution >= 0.6 is 0 Å². The van der Waals surface area contributed by atoms with Gasteiger partial charge < -0.3 is 9.47 Å². The highest BCUT2D eigenvalue weighted by molar-refractivity contribution is 5.29. The van der Waals surface area contributed by atoms with E-state index in [0.29, 0.717) is 0 Å². The predicted octanol–water partition coefficient (Wildman–Crippen LogP) is 2.55. The van der Waals surface area contributed by atoms with Gasteiger partial charge in [0.15, 0.2) is 0 Å². The van der Waals surface area contributed by atoms with Crippen molar-refractivity contribution in [2.24, 2.45) is 0 Å². The van der Waals surface area contributed by atoms with Crippen molar-refractivity contribution < 1.29 is 9.47 Å². The van der Waals surface area contributed by atoms with Crippen LogP contribution in [-0.4, -0.2) is 13.2 Å². The number of rotatable bonds is 2. The zero-order valence-corrected chi connectivity index (χ0v) is 8.77. The van der Waals surface area contributed by atoms with Gasteiger partial charge in [0.2, 0.25) is 0 Å².